The van der Waals surface area contributed by atoms with Crippen LogP contribution in [0.1, 0.15) is 17.9 Å². The van der Waals surface area contributed by atoms with Crippen LogP contribution in [0.2, 0.25) is 0 Å². The van der Waals surface area contributed by atoms with E-state index in [1.54, 1.807) is 7.11 Å². The molecule has 0 amide bonds. The van der Waals surface area contributed by atoms with Crippen LogP contribution < -0.4 is 9.47 Å². The van der Waals surface area contributed by atoms with Gasteiger partial charge in [-0.3, -0.25) is 0 Å². The molecule has 1 aliphatic heterocycles. The summed E-state index contributed by atoms with van der Waals surface area (Å²) in [6, 6.07) is 18.7. The summed E-state index contributed by atoms with van der Waals surface area (Å²) in [7, 11) is 3.87. The summed E-state index contributed by atoms with van der Waals surface area (Å²) >= 11 is 0. The molecule has 2 aromatic carbocycles. The quantitative estimate of drug-likeness (QED) is 0.807. The van der Waals surface area contributed by atoms with E-state index in [0.717, 1.165) is 31.2 Å². The Morgan fingerprint density at radius 3 is 2.33 bits per heavy atom. The summed E-state index contributed by atoms with van der Waals surface area (Å²) in [4.78, 5) is 2.40. The Balaban J connectivity index is 0.00000208. The minimum atomic E-state index is 0. The molecule has 1 unspecified atom stereocenters. The number of likely N-dealkylation sites (tertiary alicyclic amines) is 1. The Morgan fingerprint density at radius 1 is 1.00 bits per heavy atom. The maximum absolute atomic E-state index is 6.06. The number of hydrogen-bond donors (Lipinski definition) is 0. The minimum Gasteiger partial charge on any atom is -0.497 e. The van der Waals surface area contributed by atoms with Crippen molar-refractivity contribution in [2.45, 2.75) is 12.3 Å². The third kappa shape index (κ3) is 4.65. The molecule has 4 heteroatoms. The molecule has 0 saturated carbocycles. The molecule has 1 aliphatic rings. The number of methoxy groups -OCH3 is 1. The summed E-state index contributed by atoms with van der Waals surface area (Å²) in [5.74, 6) is 2.85. The van der Waals surface area contributed by atoms with Gasteiger partial charge < -0.3 is 14.4 Å². The third-order valence-electron chi connectivity index (χ3n) is 4.69. The fourth-order valence-corrected chi connectivity index (χ4v) is 3.40. The molecule has 1 heterocycles. The molecule has 0 N–H and O–H groups in total. The summed E-state index contributed by atoms with van der Waals surface area (Å²) < 4.78 is 11.3. The molecule has 24 heavy (non-hydrogen) atoms. The molecule has 2 atom stereocenters. The normalized spacial score (nSPS) is 20.9. The van der Waals surface area contributed by atoms with E-state index in [1.807, 2.05) is 24.3 Å². The SMILES string of the molecule is COc1ccc(OC[C@H]2CN(C)CCC2c2ccccc2)cc1.Cl. The van der Waals surface area contributed by atoms with E-state index < -0.39 is 0 Å². The first-order valence-electron chi connectivity index (χ1n) is 8.26. The molecule has 1 fully saturated rings. The minimum absolute atomic E-state index is 0. The summed E-state index contributed by atoms with van der Waals surface area (Å²) in [5.41, 5.74) is 1.43. The highest BCUT2D eigenvalue weighted by molar-refractivity contribution is 5.85. The fourth-order valence-electron chi connectivity index (χ4n) is 3.40. The fraction of sp³-hybridized carbons (Fsp3) is 0.400. The van der Waals surface area contributed by atoms with Crippen LogP contribution in [0.15, 0.2) is 54.6 Å². The highest BCUT2D eigenvalue weighted by Gasteiger charge is 2.29. The largest absolute Gasteiger partial charge is 0.497 e. The predicted molar refractivity (Wildman–Crippen MR) is 101 cm³/mol. The topological polar surface area (TPSA) is 21.7 Å². The monoisotopic (exact) mass is 347 g/mol. The van der Waals surface area contributed by atoms with Crippen molar-refractivity contribution >= 4 is 12.4 Å². The molecular weight excluding hydrogens is 322 g/mol. The van der Waals surface area contributed by atoms with E-state index in [4.69, 9.17) is 9.47 Å². The highest BCUT2D eigenvalue weighted by Crippen LogP contribution is 2.33. The first kappa shape index (κ1) is 18.6. The Bertz CT molecular complexity index is 603. The Kier molecular flexibility index (Phi) is 6.95. The van der Waals surface area contributed by atoms with Crippen LogP contribution in [0.5, 0.6) is 11.5 Å². The lowest BCUT2D eigenvalue weighted by atomic mass is 9.81. The highest BCUT2D eigenvalue weighted by atomic mass is 35.5. The van der Waals surface area contributed by atoms with Gasteiger partial charge in [-0.2, -0.15) is 0 Å². The van der Waals surface area contributed by atoms with Crippen LogP contribution >= 0.6 is 12.4 Å². The molecule has 1 saturated heterocycles. The molecule has 0 aromatic heterocycles. The molecule has 0 aliphatic carbocycles. The number of nitrogens with zero attached hydrogens (tertiary/aromatic N) is 1. The molecule has 0 radical (unpaired) electrons. The van der Waals surface area contributed by atoms with Crippen LogP contribution in [0.4, 0.5) is 0 Å². The van der Waals surface area contributed by atoms with Crippen LogP contribution in [0.25, 0.3) is 0 Å². The maximum atomic E-state index is 6.06. The van der Waals surface area contributed by atoms with Gasteiger partial charge in [-0.05, 0) is 55.8 Å². The number of rotatable bonds is 5. The average Bonchev–Trinajstić information content (AvgIpc) is 2.61. The zero-order valence-electron chi connectivity index (χ0n) is 14.4. The van der Waals surface area contributed by atoms with Crippen LogP contribution in [0.3, 0.4) is 0 Å². The summed E-state index contributed by atoms with van der Waals surface area (Å²) in [5, 5.41) is 0. The van der Waals surface area contributed by atoms with Crippen LogP contribution in [-0.2, 0) is 0 Å². The predicted octanol–water partition coefficient (Wildman–Crippen LogP) is 4.23. The van der Waals surface area contributed by atoms with Crippen LogP contribution in [-0.4, -0.2) is 38.8 Å². The molecule has 0 bridgehead atoms. The van der Waals surface area contributed by atoms with Gasteiger partial charge in [0.05, 0.1) is 13.7 Å². The van der Waals surface area contributed by atoms with Crippen molar-refractivity contribution in [2.75, 3.05) is 33.9 Å². The molecular formula is C20H26ClNO2. The van der Waals surface area contributed by atoms with Gasteiger partial charge in [-0.15, -0.1) is 12.4 Å². The van der Waals surface area contributed by atoms with Crippen molar-refractivity contribution in [1.82, 2.24) is 4.90 Å². The Morgan fingerprint density at radius 2 is 1.67 bits per heavy atom. The smallest absolute Gasteiger partial charge is 0.119 e. The van der Waals surface area contributed by atoms with Crippen molar-refractivity contribution < 1.29 is 9.47 Å². The van der Waals surface area contributed by atoms with E-state index >= 15 is 0 Å². The number of hydrogen-bond acceptors (Lipinski definition) is 3. The van der Waals surface area contributed by atoms with Gasteiger partial charge in [0, 0.05) is 12.5 Å². The second kappa shape index (κ2) is 8.95. The molecule has 130 valence electrons. The van der Waals surface area contributed by atoms with Gasteiger partial charge >= 0.3 is 0 Å². The van der Waals surface area contributed by atoms with Crippen molar-refractivity contribution in [3.05, 3.63) is 60.2 Å². The molecule has 2 aromatic rings. The summed E-state index contributed by atoms with van der Waals surface area (Å²) in [6.45, 7) is 2.98. The van der Waals surface area contributed by atoms with Gasteiger partial charge in [0.2, 0.25) is 0 Å². The van der Waals surface area contributed by atoms with Crippen LogP contribution in [0, 0.1) is 5.92 Å². The van der Waals surface area contributed by atoms with E-state index in [1.165, 1.54) is 12.0 Å². The van der Waals surface area contributed by atoms with Crippen molar-refractivity contribution in [1.29, 1.82) is 0 Å². The lowest BCUT2D eigenvalue weighted by molar-refractivity contribution is 0.129. The Hall–Kier alpha value is -1.71. The van der Waals surface area contributed by atoms with Gasteiger partial charge in [0.1, 0.15) is 11.5 Å². The first-order chi connectivity index (χ1) is 11.3. The zero-order chi connectivity index (χ0) is 16.1. The molecule has 0 spiro atoms. The average molecular weight is 348 g/mol. The van der Waals surface area contributed by atoms with Crippen molar-refractivity contribution in [3.63, 3.8) is 0 Å². The second-order valence-corrected chi connectivity index (χ2v) is 6.31. The van der Waals surface area contributed by atoms with E-state index in [0.29, 0.717) is 11.8 Å². The van der Waals surface area contributed by atoms with Gasteiger partial charge in [0.25, 0.3) is 0 Å². The maximum Gasteiger partial charge on any atom is 0.119 e. The lowest BCUT2D eigenvalue weighted by Gasteiger charge is -2.37. The standard InChI is InChI=1S/C20H25NO2.ClH/c1-21-13-12-20(16-6-4-3-5-7-16)17(14-21)15-23-19-10-8-18(22-2)9-11-19;/h3-11,17,20H,12-15H2,1-2H3;1H/t17-,20?;/m1./s1. The second-order valence-electron chi connectivity index (χ2n) is 6.31. The third-order valence-corrected chi connectivity index (χ3v) is 4.69. The Labute approximate surface area is 151 Å². The number of halogens is 1. The van der Waals surface area contributed by atoms with Gasteiger partial charge in [-0.1, -0.05) is 30.3 Å². The van der Waals surface area contributed by atoms with E-state index in [-0.39, 0.29) is 12.4 Å². The summed E-state index contributed by atoms with van der Waals surface area (Å²) in [6.07, 6.45) is 1.19. The van der Waals surface area contributed by atoms with Gasteiger partial charge in [0.15, 0.2) is 0 Å². The number of ether oxygens (including phenoxy) is 2. The molecule has 3 nitrogen and oxygen atoms in total. The van der Waals surface area contributed by atoms with E-state index in [9.17, 15) is 0 Å². The van der Waals surface area contributed by atoms with E-state index in [2.05, 4.69) is 42.3 Å². The van der Waals surface area contributed by atoms with Gasteiger partial charge in [-0.25, -0.2) is 0 Å². The van der Waals surface area contributed by atoms with Crippen molar-refractivity contribution in [3.8, 4) is 11.5 Å². The molecule has 3 rings (SSSR count). The zero-order valence-corrected chi connectivity index (χ0v) is 15.2. The number of benzene rings is 2. The van der Waals surface area contributed by atoms with Crippen molar-refractivity contribution in [2.24, 2.45) is 5.92 Å². The number of piperidine rings is 1. The first-order valence-corrected chi connectivity index (χ1v) is 8.26. The lowest BCUT2D eigenvalue weighted by Crippen LogP contribution is -2.39.